The summed E-state index contributed by atoms with van der Waals surface area (Å²) in [4.78, 5) is 12.2. The predicted molar refractivity (Wildman–Crippen MR) is 84.4 cm³/mol. The van der Waals surface area contributed by atoms with Crippen molar-refractivity contribution in [3.63, 3.8) is 0 Å². The van der Waals surface area contributed by atoms with E-state index in [-0.39, 0.29) is 5.91 Å². The first-order chi connectivity index (χ1) is 9.72. The van der Waals surface area contributed by atoms with Crippen molar-refractivity contribution in [1.82, 2.24) is 5.32 Å². The molecule has 1 saturated carbocycles. The first-order valence-electron chi connectivity index (χ1n) is 7.17. The molecule has 0 saturated heterocycles. The second-order valence-electron chi connectivity index (χ2n) is 5.28. The fraction of sp³-hybridized carbons (Fsp3) is 0.562. The van der Waals surface area contributed by atoms with E-state index in [1.807, 2.05) is 36.0 Å². The minimum atomic E-state index is 0.0984. The summed E-state index contributed by atoms with van der Waals surface area (Å²) in [5, 5.41) is 3.87. The number of para-hydroxylation sites is 1. The molecule has 1 amide bonds. The molecule has 1 aromatic carbocycles. The van der Waals surface area contributed by atoms with Crippen LogP contribution in [0, 0.1) is 0 Å². The second kappa shape index (κ2) is 7.58. The van der Waals surface area contributed by atoms with Gasteiger partial charge in [-0.2, -0.15) is 11.8 Å². The monoisotopic (exact) mass is 293 g/mol. The molecule has 1 fully saturated rings. The van der Waals surface area contributed by atoms with Crippen molar-refractivity contribution in [2.24, 2.45) is 0 Å². The highest BCUT2D eigenvalue weighted by molar-refractivity contribution is 7.99. The fourth-order valence-electron chi connectivity index (χ4n) is 2.79. The second-order valence-corrected chi connectivity index (χ2v) is 6.42. The Morgan fingerprint density at radius 1 is 1.40 bits per heavy atom. The molecule has 4 heteroatoms. The first kappa shape index (κ1) is 15.2. The molecule has 1 N–H and O–H groups in total. The lowest BCUT2D eigenvalue weighted by Crippen LogP contribution is -2.39. The summed E-state index contributed by atoms with van der Waals surface area (Å²) in [6, 6.07) is 8.04. The average Bonchev–Trinajstić information content (AvgIpc) is 2.48. The van der Waals surface area contributed by atoms with Gasteiger partial charge < -0.3 is 10.1 Å². The molecule has 0 spiro atoms. The smallest absolute Gasteiger partial charge is 0.224 e. The summed E-state index contributed by atoms with van der Waals surface area (Å²) in [7, 11) is 1.64. The lowest BCUT2D eigenvalue weighted by Gasteiger charge is -2.28. The number of carbonyl (C=O) groups excluding carboxylic acids is 1. The number of thioether (sulfide) groups is 1. The van der Waals surface area contributed by atoms with E-state index in [9.17, 15) is 4.79 Å². The average molecular weight is 293 g/mol. The van der Waals surface area contributed by atoms with Gasteiger partial charge in [0.05, 0.1) is 13.5 Å². The Bertz CT molecular complexity index is 450. The Morgan fingerprint density at radius 3 is 2.95 bits per heavy atom. The first-order valence-corrected chi connectivity index (χ1v) is 8.45. The summed E-state index contributed by atoms with van der Waals surface area (Å²) < 4.78 is 5.29. The Balaban J connectivity index is 1.89. The number of amides is 1. The fourth-order valence-corrected chi connectivity index (χ4v) is 3.62. The van der Waals surface area contributed by atoms with Crippen molar-refractivity contribution < 1.29 is 9.53 Å². The van der Waals surface area contributed by atoms with Crippen LogP contribution in [0.4, 0.5) is 0 Å². The zero-order chi connectivity index (χ0) is 14.4. The van der Waals surface area contributed by atoms with Gasteiger partial charge in [-0.15, -0.1) is 0 Å². The Kier molecular flexibility index (Phi) is 5.77. The lowest BCUT2D eigenvalue weighted by atomic mass is 9.94. The molecule has 1 aliphatic rings. The van der Waals surface area contributed by atoms with Crippen LogP contribution >= 0.6 is 11.8 Å². The number of ether oxygens (including phenoxy) is 1. The molecule has 3 nitrogen and oxygen atoms in total. The van der Waals surface area contributed by atoms with Crippen LogP contribution in [0.5, 0.6) is 5.75 Å². The Hall–Kier alpha value is -1.16. The van der Waals surface area contributed by atoms with Crippen molar-refractivity contribution in [1.29, 1.82) is 0 Å². The van der Waals surface area contributed by atoms with Crippen molar-refractivity contribution in [2.45, 2.75) is 43.4 Å². The molecule has 0 bridgehead atoms. The molecule has 0 heterocycles. The summed E-state index contributed by atoms with van der Waals surface area (Å²) in [5.41, 5.74) is 0.949. The van der Waals surface area contributed by atoms with Gasteiger partial charge in [0, 0.05) is 16.9 Å². The molecule has 0 radical (unpaired) electrons. The number of hydrogen-bond donors (Lipinski definition) is 1. The molecule has 2 rings (SSSR count). The van der Waals surface area contributed by atoms with E-state index < -0.39 is 0 Å². The van der Waals surface area contributed by atoms with Crippen LogP contribution < -0.4 is 10.1 Å². The van der Waals surface area contributed by atoms with E-state index in [1.165, 1.54) is 12.8 Å². The molecule has 1 aromatic rings. The van der Waals surface area contributed by atoms with Gasteiger partial charge in [0.25, 0.3) is 0 Å². The number of benzene rings is 1. The quantitative estimate of drug-likeness (QED) is 0.907. The van der Waals surface area contributed by atoms with Crippen LogP contribution in [0.3, 0.4) is 0 Å². The summed E-state index contributed by atoms with van der Waals surface area (Å²) in [6.45, 7) is 0. The van der Waals surface area contributed by atoms with Gasteiger partial charge in [0.2, 0.25) is 5.91 Å². The van der Waals surface area contributed by atoms with E-state index in [2.05, 4.69) is 11.6 Å². The summed E-state index contributed by atoms with van der Waals surface area (Å²) in [6.07, 6.45) is 7.24. The third kappa shape index (κ3) is 4.17. The maximum Gasteiger partial charge on any atom is 0.224 e. The molecule has 20 heavy (non-hydrogen) atoms. The van der Waals surface area contributed by atoms with Crippen LogP contribution in [0.1, 0.15) is 31.2 Å². The number of rotatable bonds is 5. The highest BCUT2D eigenvalue weighted by atomic mass is 32.2. The van der Waals surface area contributed by atoms with Crippen molar-refractivity contribution in [2.75, 3.05) is 13.4 Å². The standard InChI is InChI=1S/C16H23NO2S/c1-19-15-9-4-3-6-12(15)10-16(18)17-13-7-5-8-14(11-13)20-2/h3-4,6,9,13-14H,5,7-8,10-11H2,1-2H3,(H,17,18)/t13-,14-/m0/s1. The van der Waals surface area contributed by atoms with Gasteiger partial charge in [-0.05, 0) is 31.6 Å². The number of carbonyl (C=O) groups is 1. The van der Waals surface area contributed by atoms with Gasteiger partial charge >= 0.3 is 0 Å². The Morgan fingerprint density at radius 2 is 2.20 bits per heavy atom. The normalized spacial score (nSPS) is 22.3. The van der Waals surface area contributed by atoms with Gasteiger partial charge in [-0.3, -0.25) is 4.79 Å². The van der Waals surface area contributed by atoms with E-state index in [0.717, 1.165) is 24.2 Å². The topological polar surface area (TPSA) is 38.3 Å². The van der Waals surface area contributed by atoms with E-state index in [4.69, 9.17) is 4.74 Å². The van der Waals surface area contributed by atoms with Crippen LogP contribution in [0.25, 0.3) is 0 Å². The molecular formula is C16H23NO2S. The molecule has 110 valence electrons. The number of nitrogens with one attached hydrogen (secondary N) is 1. The largest absolute Gasteiger partial charge is 0.496 e. The summed E-state index contributed by atoms with van der Waals surface area (Å²) >= 11 is 1.92. The number of methoxy groups -OCH3 is 1. The van der Waals surface area contributed by atoms with Gasteiger partial charge in [-0.25, -0.2) is 0 Å². The minimum Gasteiger partial charge on any atom is -0.496 e. The maximum atomic E-state index is 12.2. The minimum absolute atomic E-state index is 0.0984. The number of hydrogen-bond acceptors (Lipinski definition) is 3. The van der Waals surface area contributed by atoms with Crippen molar-refractivity contribution in [3.05, 3.63) is 29.8 Å². The maximum absolute atomic E-state index is 12.2. The van der Waals surface area contributed by atoms with E-state index in [0.29, 0.717) is 17.7 Å². The van der Waals surface area contributed by atoms with Crippen LogP contribution in [0.2, 0.25) is 0 Å². The summed E-state index contributed by atoms with van der Waals surface area (Å²) in [5.74, 6) is 0.884. The molecule has 2 atom stereocenters. The van der Waals surface area contributed by atoms with E-state index >= 15 is 0 Å². The zero-order valence-corrected chi connectivity index (χ0v) is 13.0. The van der Waals surface area contributed by atoms with Crippen molar-refractivity contribution in [3.8, 4) is 5.75 Å². The molecule has 0 aromatic heterocycles. The van der Waals surface area contributed by atoms with Gasteiger partial charge in [-0.1, -0.05) is 24.6 Å². The highest BCUT2D eigenvalue weighted by Crippen LogP contribution is 2.27. The van der Waals surface area contributed by atoms with Crippen molar-refractivity contribution >= 4 is 17.7 Å². The van der Waals surface area contributed by atoms with Crippen LogP contribution in [-0.2, 0) is 11.2 Å². The third-order valence-corrected chi connectivity index (χ3v) is 4.96. The third-order valence-electron chi connectivity index (χ3n) is 3.87. The molecule has 1 aliphatic carbocycles. The van der Waals surface area contributed by atoms with Gasteiger partial charge in [0.1, 0.15) is 5.75 Å². The SMILES string of the molecule is COc1ccccc1CC(=O)N[C@H]1CCC[C@H](SC)C1. The zero-order valence-electron chi connectivity index (χ0n) is 12.2. The Labute approximate surface area is 125 Å². The van der Waals surface area contributed by atoms with E-state index in [1.54, 1.807) is 7.11 Å². The molecule has 0 unspecified atom stereocenters. The highest BCUT2D eigenvalue weighted by Gasteiger charge is 2.22. The predicted octanol–water partition coefficient (Wildman–Crippen LogP) is 3.03. The van der Waals surface area contributed by atoms with Gasteiger partial charge in [0.15, 0.2) is 0 Å². The lowest BCUT2D eigenvalue weighted by molar-refractivity contribution is -0.121. The molecule has 0 aliphatic heterocycles. The molecular weight excluding hydrogens is 270 g/mol. The van der Waals surface area contributed by atoms with Crippen LogP contribution in [0.15, 0.2) is 24.3 Å². The van der Waals surface area contributed by atoms with Crippen LogP contribution in [-0.4, -0.2) is 30.6 Å².